The number of nitrogens with zero attached hydrogens (tertiary/aromatic N) is 4. The Morgan fingerprint density at radius 2 is 2.03 bits per heavy atom. The third kappa shape index (κ3) is 3.71. The molecule has 0 radical (unpaired) electrons. The van der Waals surface area contributed by atoms with Crippen molar-refractivity contribution in [2.75, 3.05) is 0 Å². The molecule has 0 saturated heterocycles. The summed E-state index contributed by atoms with van der Waals surface area (Å²) in [5.41, 5.74) is 2.62. The summed E-state index contributed by atoms with van der Waals surface area (Å²) < 4.78 is 7.16. The lowest BCUT2D eigenvalue weighted by molar-refractivity contribution is 0.0725. The van der Waals surface area contributed by atoms with Crippen molar-refractivity contribution >= 4 is 28.2 Å². The topological polar surface area (TPSA) is 81.2 Å². The Morgan fingerprint density at radius 1 is 1.24 bits per heavy atom. The molecule has 0 bridgehead atoms. The van der Waals surface area contributed by atoms with Crippen LogP contribution in [0.3, 0.4) is 0 Å². The summed E-state index contributed by atoms with van der Waals surface area (Å²) in [4.78, 5) is 31.8. The maximum Gasteiger partial charge on any atom is 0.349 e. The van der Waals surface area contributed by atoms with Crippen LogP contribution in [0.15, 0.2) is 51.1 Å². The van der Waals surface area contributed by atoms with Crippen molar-refractivity contribution in [3.63, 3.8) is 0 Å². The van der Waals surface area contributed by atoms with Crippen molar-refractivity contribution in [1.82, 2.24) is 19.7 Å². The lowest BCUT2D eigenvalue weighted by Crippen LogP contribution is -2.33. The van der Waals surface area contributed by atoms with E-state index in [9.17, 15) is 9.59 Å². The van der Waals surface area contributed by atoms with E-state index >= 15 is 0 Å². The minimum absolute atomic E-state index is 0.0134. The van der Waals surface area contributed by atoms with E-state index in [1.165, 1.54) is 11.3 Å². The van der Waals surface area contributed by atoms with Crippen molar-refractivity contribution in [3.8, 4) is 0 Å². The number of carbonyl (C=O) groups excluding carboxylic acids is 1. The molecule has 3 aromatic heterocycles. The molecule has 0 aliphatic heterocycles. The minimum atomic E-state index is -0.641. The van der Waals surface area contributed by atoms with Gasteiger partial charge in [0.2, 0.25) is 0 Å². The van der Waals surface area contributed by atoms with E-state index in [4.69, 9.17) is 4.42 Å². The van der Waals surface area contributed by atoms with Crippen LogP contribution in [0.25, 0.3) is 11.0 Å². The molecule has 1 aromatic carbocycles. The summed E-state index contributed by atoms with van der Waals surface area (Å²) in [5, 5.41) is 7.80. The number of rotatable bonds is 5. The second kappa shape index (κ2) is 7.63. The molecular formula is C21H20N4O3S. The van der Waals surface area contributed by atoms with Crippen LogP contribution in [0.1, 0.15) is 32.3 Å². The SMILES string of the molecule is Cc1nn(C)c(C)c1CN(Cc1nccs1)C(=O)c1cc2ccccc2oc1=O. The summed E-state index contributed by atoms with van der Waals surface area (Å²) in [5.74, 6) is -0.387. The van der Waals surface area contributed by atoms with Gasteiger partial charge in [0.05, 0.1) is 18.8 Å². The number of fused-ring (bicyclic) bond motifs is 1. The zero-order valence-corrected chi connectivity index (χ0v) is 17.2. The maximum absolute atomic E-state index is 13.4. The van der Waals surface area contributed by atoms with Crippen molar-refractivity contribution < 1.29 is 9.21 Å². The Balaban J connectivity index is 1.75. The van der Waals surface area contributed by atoms with Crippen LogP contribution in [0.5, 0.6) is 0 Å². The van der Waals surface area contributed by atoms with E-state index in [0.29, 0.717) is 24.1 Å². The second-order valence-electron chi connectivity index (χ2n) is 6.85. The molecule has 0 N–H and O–H groups in total. The first-order valence-corrected chi connectivity index (χ1v) is 10.0. The number of hydrogen-bond acceptors (Lipinski definition) is 6. The van der Waals surface area contributed by atoms with E-state index < -0.39 is 5.63 Å². The number of carbonyl (C=O) groups is 1. The quantitative estimate of drug-likeness (QED) is 0.473. The first-order valence-electron chi connectivity index (χ1n) is 9.13. The molecule has 0 atom stereocenters. The number of hydrogen-bond donors (Lipinski definition) is 0. The van der Waals surface area contributed by atoms with Crippen molar-refractivity contribution in [2.45, 2.75) is 26.9 Å². The highest BCUT2D eigenvalue weighted by molar-refractivity contribution is 7.09. The molecule has 7 nitrogen and oxygen atoms in total. The highest BCUT2D eigenvalue weighted by Crippen LogP contribution is 2.20. The van der Waals surface area contributed by atoms with Crippen molar-refractivity contribution in [3.05, 3.63) is 79.9 Å². The zero-order chi connectivity index (χ0) is 20.5. The number of amides is 1. The minimum Gasteiger partial charge on any atom is -0.422 e. The molecule has 3 heterocycles. The summed E-state index contributed by atoms with van der Waals surface area (Å²) in [6.07, 6.45) is 1.70. The number of aryl methyl sites for hydroxylation is 2. The van der Waals surface area contributed by atoms with Gasteiger partial charge < -0.3 is 9.32 Å². The standard InChI is InChI=1S/C21H20N4O3S/c1-13-17(14(2)24(3)23-13)11-25(12-19-22-8-9-29-19)20(26)16-10-15-6-4-5-7-18(15)28-21(16)27/h4-10H,11-12H2,1-3H3. The average Bonchev–Trinajstić information content (AvgIpc) is 3.30. The highest BCUT2D eigenvalue weighted by Gasteiger charge is 2.24. The molecule has 0 saturated carbocycles. The van der Waals surface area contributed by atoms with Crippen molar-refractivity contribution in [2.24, 2.45) is 7.05 Å². The van der Waals surface area contributed by atoms with Crippen LogP contribution < -0.4 is 5.63 Å². The van der Waals surface area contributed by atoms with Gasteiger partial charge in [-0.05, 0) is 26.0 Å². The summed E-state index contributed by atoms with van der Waals surface area (Å²) in [7, 11) is 1.87. The number of aromatic nitrogens is 3. The predicted molar refractivity (Wildman–Crippen MR) is 111 cm³/mol. The van der Waals surface area contributed by atoms with Crippen LogP contribution in [0.4, 0.5) is 0 Å². The predicted octanol–water partition coefficient (Wildman–Crippen LogP) is 3.44. The van der Waals surface area contributed by atoms with Crippen LogP contribution in [-0.2, 0) is 20.1 Å². The van der Waals surface area contributed by atoms with Crippen LogP contribution in [0, 0.1) is 13.8 Å². The summed E-state index contributed by atoms with van der Waals surface area (Å²) >= 11 is 1.47. The van der Waals surface area contributed by atoms with Gasteiger partial charge in [0.1, 0.15) is 16.2 Å². The van der Waals surface area contributed by atoms with Gasteiger partial charge in [0, 0.05) is 35.3 Å². The van der Waals surface area contributed by atoms with E-state index in [-0.39, 0.29) is 11.5 Å². The normalized spacial score (nSPS) is 11.1. The summed E-state index contributed by atoms with van der Waals surface area (Å²) in [6, 6.07) is 8.75. The Kier molecular flexibility index (Phi) is 5.02. The molecule has 0 unspecified atom stereocenters. The largest absolute Gasteiger partial charge is 0.422 e. The van der Waals surface area contributed by atoms with Crippen molar-refractivity contribution in [1.29, 1.82) is 0 Å². The Bertz CT molecular complexity index is 1240. The number of thiazole rings is 1. The molecule has 1 amide bonds. The second-order valence-corrected chi connectivity index (χ2v) is 7.82. The number of para-hydroxylation sites is 1. The van der Waals surface area contributed by atoms with E-state index in [1.54, 1.807) is 34.0 Å². The smallest absolute Gasteiger partial charge is 0.349 e. The fraction of sp³-hybridized carbons (Fsp3) is 0.238. The van der Waals surface area contributed by atoms with E-state index in [1.807, 2.05) is 38.4 Å². The van der Waals surface area contributed by atoms with Gasteiger partial charge in [-0.2, -0.15) is 5.10 Å². The molecular weight excluding hydrogens is 388 g/mol. The Labute approximate surface area is 171 Å². The van der Waals surface area contributed by atoms with Crippen LogP contribution in [-0.4, -0.2) is 25.6 Å². The van der Waals surface area contributed by atoms with Gasteiger partial charge in [0.15, 0.2) is 0 Å². The molecule has 0 aliphatic rings. The third-order valence-corrected chi connectivity index (χ3v) is 5.74. The monoisotopic (exact) mass is 408 g/mol. The molecule has 4 rings (SSSR count). The van der Waals surface area contributed by atoms with Gasteiger partial charge >= 0.3 is 5.63 Å². The molecule has 29 heavy (non-hydrogen) atoms. The third-order valence-electron chi connectivity index (χ3n) is 4.98. The van der Waals surface area contributed by atoms with Gasteiger partial charge in [-0.25, -0.2) is 9.78 Å². The van der Waals surface area contributed by atoms with Gasteiger partial charge in [0.25, 0.3) is 5.91 Å². The Hall–Kier alpha value is -3.26. The lowest BCUT2D eigenvalue weighted by atomic mass is 10.1. The van der Waals surface area contributed by atoms with Crippen LogP contribution >= 0.6 is 11.3 Å². The fourth-order valence-corrected chi connectivity index (χ4v) is 3.94. The molecule has 0 fully saturated rings. The lowest BCUT2D eigenvalue weighted by Gasteiger charge is -2.22. The van der Waals surface area contributed by atoms with Gasteiger partial charge in [-0.1, -0.05) is 18.2 Å². The van der Waals surface area contributed by atoms with E-state index in [0.717, 1.165) is 22.0 Å². The number of benzene rings is 1. The molecule has 8 heteroatoms. The van der Waals surface area contributed by atoms with E-state index in [2.05, 4.69) is 10.1 Å². The average molecular weight is 408 g/mol. The van der Waals surface area contributed by atoms with Gasteiger partial charge in [-0.3, -0.25) is 9.48 Å². The Morgan fingerprint density at radius 3 is 2.72 bits per heavy atom. The summed E-state index contributed by atoms with van der Waals surface area (Å²) in [6.45, 7) is 4.51. The molecule has 0 aliphatic carbocycles. The highest BCUT2D eigenvalue weighted by atomic mass is 32.1. The molecule has 148 valence electrons. The molecule has 4 aromatic rings. The van der Waals surface area contributed by atoms with Gasteiger partial charge in [-0.15, -0.1) is 11.3 Å². The first kappa shape index (κ1) is 19.1. The van der Waals surface area contributed by atoms with Crippen LogP contribution in [0.2, 0.25) is 0 Å². The fourth-order valence-electron chi connectivity index (χ4n) is 3.31. The first-order chi connectivity index (χ1) is 13.9. The zero-order valence-electron chi connectivity index (χ0n) is 16.4. The maximum atomic E-state index is 13.4. The molecule has 0 spiro atoms.